The Balaban J connectivity index is 1.74. The maximum absolute atomic E-state index is 7.79. The van der Waals surface area contributed by atoms with Crippen molar-refractivity contribution in [3.05, 3.63) is 160 Å². The first-order chi connectivity index (χ1) is 22.1. The number of fused-ring (bicyclic) bond motifs is 3. The van der Waals surface area contributed by atoms with Gasteiger partial charge in [0.25, 0.3) is 0 Å². The van der Waals surface area contributed by atoms with Crippen LogP contribution in [0.1, 0.15) is 101 Å². The van der Waals surface area contributed by atoms with Crippen LogP contribution in [0, 0.1) is 12.3 Å². The van der Waals surface area contributed by atoms with Crippen molar-refractivity contribution in [2.75, 3.05) is 0 Å². The van der Waals surface area contributed by atoms with Gasteiger partial charge in [-0.05, 0) is 0 Å². The number of benzene rings is 4. The van der Waals surface area contributed by atoms with E-state index in [-0.39, 0.29) is 20.0 Å². The van der Waals surface area contributed by atoms with Crippen LogP contribution >= 0.6 is 0 Å². The summed E-state index contributed by atoms with van der Waals surface area (Å²) in [7, 11) is 0. The molecular formula is C45H50OTi. The summed E-state index contributed by atoms with van der Waals surface area (Å²) < 4.78 is 8.80. The van der Waals surface area contributed by atoms with Gasteiger partial charge in [0, 0.05) is 0 Å². The van der Waals surface area contributed by atoms with E-state index in [0.29, 0.717) is 0 Å². The van der Waals surface area contributed by atoms with E-state index >= 15 is 0 Å². The first-order valence-electron chi connectivity index (χ1n) is 17.0. The molecule has 0 N–H and O–H groups in total. The van der Waals surface area contributed by atoms with Crippen LogP contribution < -0.4 is 3.32 Å². The number of allylic oxidation sites excluding steroid dienone is 5. The molecule has 47 heavy (non-hydrogen) atoms. The predicted octanol–water partition coefficient (Wildman–Crippen LogP) is 12.0. The standard InChI is InChI=1S/C21H25.C13H10.C11H16O.Ti/c1-20(2,3)18-11-7-9-14-15-10-8-12-19(21(4,5)6)17(15)13-16(14)18;1-3-7-12(8-4-1)11-13-9-5-2-6-10-13;1-8-5-9(11(2,3)4)7-10(12)6-8;/h7-13H,1-6H3;1-10H;5-7,12H,1-4H3;/q;;;+1/p-1. The van der Waals surface area contributed by atoms with Crippen LogP contribution in [0.3, 0.4) is 0 Å². The number of rotatable bonds is 5. The molecule has 0 heterocycles. The monoisotopic (exact) mass is 654 g/mol. The molecule has 1 nitrogen and oxygen atoms in total. The second kappa shape index (κ2) is 12.2. The summed E-state index contributed by atoms with van der Waals surface area (Å²) in [6.07, 6.45) is 9.74. The van der Waals surface area contributed by atoms with Crippen molar-refractivity contribution in [1.82, 2.24) is 0 Å². The van der Waals surface area contributed by atoms with Crippen molar-refractivity contribution < 1.29 is 21.1 Å². The summed E-state index contributed by atoms with van der Waals surface area (Å²) in [4.78, 5) is 0. The van der Waals surface area contributed by atoms with Crippen LogP contribution in [0.25, 0.3) is 11.6 Å². The van der Waals surface area contributed by atoms with Crippen molar-refractivity contribution in [3.63, 3.8) is 0 Å². The average molecular weight is 655 g/mol. The summed E-state index contributed by atoms with van der Waals surface area (Å²) in [5.41, 5.74) is 11.8. The predicted molar refractivity (Wildman–Crippen MR) is 199 cm³/mol. The van der Waals surface area contributed by atoms with Gasteiger partial charge in [-0.3, -0.25) is 0 Å². The van der Waals surface area contributed by atoms with E-state index in [1.165, 1.54) is 53.9 Å². The van der Waals surface area contributed by atoms with Gasteiger partial charge in [0.2, 0.25) is 0 Å². The molecule has 2 aliphatic rings. The van der Waals surface area contributed by atoms with Crippen LogP contribution in [0.2, 0.25) is 3.72 Å². The van der Waals surface area contributed by atoms with Crippen LogP contribution in [-0.2, 0) is 28.6 Å². The zero-order valence-corrected chi connectivity index (χ0v) is 31.5. The molecule has 0 amide bonds. The summed E-state index contributed by atoms with van der Waals surface area (Å²) in [5, 5.41) is 0. The van der Waals surface area contributed by atoms with Gasteiger partial charge < -0.3 is 0 Å². The third kappa shape index (κ3) is 6.14. The molecule has 4 aromatic rings. The van der Waals surface area contributed by atoms with E-state index in [9.17, 15) is 0 Å². The summed E-state index contributed by atoms with van der Waals surface area (Å²) in [6, 6.07) is 35.8. The molecule has 0 bridgehead atoms. The molecule has 0 aromatic heterocycles. The molecular weight excluding hydrogens is 604 g/mol. The fraction of sp³-hybridized carbons (Fsp3) is 0.311. The SMILES string of the molecule is Cc1cc([O][Ti](=[C](c2ccccc2)c2ccccc2)[C]2(C(C)(C)C)C=CC=C3C2=Cc2c3cccc2C(C)(C)C)cc(C(C)(C)C)c1. The molecule has 0 spiro atoms. The number of hydrogen-bond donors (Lipinski definition) is 0. The quantitative estimate of drug-likeness (QED) is 0.195. The Kier molecular flexibility index (Phi) is 8.65. The minimum absolute atomic E-state index is 0.0110. The number of hydrogen-bond acceptors (Lipinski definition) is 1. The fourth-order valence-corrected chi connectivity index (χ4v) is 12.5. The van der Waals surface area contributed by atoms with Gasteiger partial charge in [-0.1, -0.05) is 0 Å². The van der Waals surface area contributed by atoms with Crippen molar-refractivity contribution >= 4 is 15.5 Å². The molecule has 6 rings (SSSR count). The summed E-state index contributed by atoms with van der Waals surface area (Å²) in [6.45, 7) is 23.3. The normalized spacial score (nSPS) is 17.4. The second-order valence-corrected chi connectivity index (χ2v) is 19.8. The van der Waals surface area contributed by atoms with Gasteiger partial charge >= 0.3 is 291 Å². The third-order valence-electron chi connectivity index (χ3n) is 9.85. The van der Waals surface area contributed by atoms with Crippen molar-refractivity contribution in [3.8, 4) is 5.75 Å². The first kappa shape index (κ1) is 33.4. The van der Waals surface area contributed by atoms with Crippen molar-refractivity contribution in [1.29, 1.82) is 0 Å². The van der Waals surface area contributed by atoms with Crippen molar-refractivity contribution in [2.45, 2.75) is 83.8 Å². The average Bonchev–Trinajstić information content (AvgIpc) is 3.39. The number of aryl methyl sites for hydroxylation is 1. The van der Waals surface area contributed by atoms with E-state index in [2.05, 4.69) is 191 Å². The Morgan fingerprint density at radius 3 is 1.85 bits per heavy atom. The van der Waals surface area contributed by atoms with Gasteiger partial charge in [-0.15, -0.1) is 0 Å². The maximum atomic E-state index is 7.79. The minimum atomic E-state index is -2.94. The molecule has 0 aliphatic heterocycles. The third-order valence-corrected chi connectivity index (χ3v) is 15.1. The van der Waals surface area contributed by atoms with E-state index in [1.54, 1.807) is 0 Å². The van der Waals surface area contributed by atoms with E-state index in [1.807, 2.05) is 0 Å². The summed E-state index contributed by atoms with van der Waals surface area (Å²) >= 11 is -2.94. The molecule has 2 aliphatic carbocycles. The zero-order chi connectivity index (χ0) is 33.8. The molecule has 0 radical (unpaired) electrons. The molecule has 1 unspecified atom stereocenters. The van der Waals surface area contributed by atoms with Gasteiger partial charge in [-0.25, -0.2) is 0 Å². The van der Waals surface area contributed by atoms with Gasteiger partial charge in [0.05, 0.1) is 0 Å². The van der Waals surface area contributed by atoms with Crippen LogP contribution in [0.5, 0.6) is 5.75 Å². The Hall–Kier alpha value is -3.52. The van der Waals surface area contributed by atoms with Gasteiger partial charge in [0.15, 0.2) is 0 Å². The van der Waals surface area contributed by atoms with Crippen LogP contribution in [0.15, 0.2) is 121 Å². The molecule has 1 atom stereocenters. The van der Waals surface area contributed by atoms with E-state index in [4.69, 9.17) is 3.32 Å². The van der Waals surface area contributed by atoms with Gasteiger partial charge in [-0.2, -0.15) is 0 Å². The Bertz CT molecular complexity index is 1890. The second-order valence-electron chi connectivity index (χ2n) is 16.4. The molecule has 2 heteroatoms. The van der Waals surface area contributed by atoms with Gasteiger partial charge in [0.1, 0.15) is 0 Å². The molecule has 240 valence electrons. The van der Waals surface area contributed by atoms with Crippen LogP contribution in [-0.4, -0.2) is 3.81 Å². The van der Waals surface area contributed by atoms with Crippen LogP contribution in [0.4, 0.5) is 0 Å². The fourth-order valence-electron chi connectivity index (χ4n) is 7.38. The zero-order valence-electron chi connectivity index (χ0n) is 30.0. The topological polar surface area (TPSA) is 9.23 Å². The van der Waals surface area contributed by atoms with E-state index in [0.717, 1.165) is 5.75 Å². The summed E-state index contributed by atoms with van der Waals surface area (Å²) in [5.74, 6) is 0.980. The molecule has 0 saturated heterocycles. The Labute approximate surface area is 289 Å². The van der Waals surface area contributed by atoms with Crippen molar-refractivity contribution in [2.24, 2.45) is 5.41 Å². The molecule has 0 saturated carbocycles. The Morgan fingerprint density at radius 1 is 0.681 bits per heavy atom. The Morgan fingerprint density at radius 2 is 1.30 bits per heavy atom. The van der Waals surface area contributed by atoms with E-state index < -0.39 is 17.8 Å². The molecule has 4 aromatic carbocycles. The molecule has 0 fully saturated rings. The first-order valence-corrected chi connectivity index (χ1v) is 19.2.